The van der Waals surface area contributed by atoms with Gasteiger partial charge >= 0.3 is 5.97 Å². The van der Waals surface area contributed by atoms with Crippen LogP contribution in [0.25, 0.3) is 10.8 Å². The Morgan fingerprint density at radius 2 is 1.81 bits per heavy atom. The molecule has 0 aliphatic heterocycles. The molecule has 0 radical (unpaired) electrons. The summed E-state index contributed by atoms with van der Waals surface area (Å²) < 4.78 is 5.77. The fraction of sp³-hybridized carbons (Fsp3) is 0.150. The van der Waals surface area contributed by atoms with Crippen molar-refractivity contribution in [3.8, 4) is 5.75 Å². The number of carbonyl (C=O) groups is 1. The first-order valence-corrected chi connectivity index (χ1v) is 8.88. The number of nitrogens with one attached hydrogen (secondary N) is 1. The Kier molecular flexibility index (Phi) is 5.86. The van der Waals surface area contributed by atoms with Crippen LogP contribution >= 0.6 is 23.2 Å². The van der Waals surface area contributed by atoms with Crippen molar-refractivity contribution in [2.24, 2.45) is 0 Å². The van der Waals surface area contributed by atoms with E-state index in [4.69, 9.17) is 27.9 Å². The van der Waals surface area contributed by atoms with Crippen molar-refractivity contribution in [1.82, 2.24) is 0 Å². The van der Waals surface area contributed by atoms with E-state index < -0.39 is 5.97 Å². The van der Waals surface area contributed by atoms with Crippen molar-refractivity contribution in [3.63, 3.8) is 0 Å². The number of aromatic carboxylic acids is 1. The van der Waals surface area contributed by atoms with Crippen LogP contribution in [0.4, 0.5) is 5.69 Å². The van der Waals surface area contributed by atoms with E-state index >= 15 is 0 Å². The van der Waals surface area contributed by atoms with Crippen molar-refractivity contribution in [2.45, 2.75) is 6.42 Å². The maximum Gasteiger partial charge on any atom is 0.337 e. The molecule has 2 N–H and O–H groups in total. The molecule has 0 heterocycles. The number of hydrogen-bond donors (Lipinski definition) is 2. The summed E-state index contributed by atoms with van der Waals surface area (Å²) in [5, 5.41) is 15.2. The lowest BCUT2D eigenvalue weighted by atomic mass is 10.1. The molecule has 0 amide bonds. The molecule has 3 aromatic carbocycles. The van der Waals surface area contributed by atoms with E-state index in [9.17, 15) is 9.90 Å². The van der Waals surface area contributed by atoms with E-state index in [2.05, 4.69) is 11.4 Å². The summed E-state index contributed by atoms with van der Waals surface area (Å²) in [6.07, 6.45) is 0.685. The molecular weight excluding hydrogens is 373 g/mol. The van der Waals surface area contributed by atoms with Gasteiger partial charge < -0.3 is 15.2 Å². The van der Waals surface area contributed by atoms with Crippen molar-refractivity contribution >= 4 is 45.6 Å². The van der Waals surface area contributed by atoms with Crippen molar-refractivity contribution in [3.05, 3.63) is 70.2 Å². The fourth-order valence-electron chi connectivity index (χ4n) is 2.65. The highest BCUT2D eigenvalue weighted by atomic mass is 35.5. The highest BCUT2D eigenvalue weighted by Crippen LogP contribution is 2.30. The number of rotatable bonds is 7. The maximum absolute atomic E-state index is 11.3. The average Bonchev–Trinajstić information content (AvgIpc) is 2.62. The Bertz CT molecular complexity index is 943. The van der Waals surface area contributed by atoms with Gasteiger partial charge in [0.2, 0.25) is 0 Å². The zero-order valence-corrected chi connectivity index (χ0v) is 15.3. The normalized spacial score (nSPS) is 10.7. The smallest absolute Gasteiger partial charge is 0.337 e. The number of carboxylic acid groups (broad SMARTS) is 1. The monoisotopic (exact) mass is 389 g/mol. The van der Waals surface area contributed by atoms with Gasteiger partial charge in [0.1, 0.15) is 5.75 Å². The molecule has 0 saturated heterocycles. The number of benzene rings is 3. The Morgan fingerprint density at radius 3 is 2.58 bits per heavy atom. The van der Waals surface area contributed by atoms with Gasteiger partial charge in [-0.15, -0.1) is 0 Å². The second-order valence-electron chi connectivity index (χ2n) is 5.75. The van der Waals surface area contributed by atoms with Crippen LogP contribution in [0.1, 0.15) is 16.8 Å². The predicted octanol–water partition coefficient (Wildman–Crippen LogP) is 5.73. The first-order valence-electron chi connectivity index (χ1n) is 8.12. The molecule has 0 atom stereocenters. The van der Waals surface area contributed by atoms with Crippen molar-refractivity contribution < 1.29 is 14.6 Å². The lowest BCUT2D eigenvalue weighted by molar-refractivity contribution is 0.0698. The standard InChI is InChI=1S/C20H17Cl2NO3/c21-15-11-17(20(24)25)19(18(22)12-15)23-8-3-9-26-16-7-6-13-4-1-2-5-14(13)10-16/h1-2,4-7,10-12,23H,3,8-9H2,(H,24,25). The summed E-state index contributed by atoms with van der Waals surface area (Å²) in [5.41, 5.74) is 0.423. The van der Waals surface area contributed by atoms with E-state index in [1.54, 1.807) is 0 Å². The number of ether oxygens (including phenoxy) is 1. The van der Waals surface area contributed by atoms with Gasteiger partial charge in [-0.25, -0.2) is 4.79 Å². The number of halogens is 2. The Balaban J connectivity index is 1.55. The SMILES string of the molecule is O=C(O)c1cc(Cl)cc(Cl)c1NCCCOc1ccc2ccccc2c1. The zero-order valence-electron chi connectivity index (χ0n) is 13.8. The Morgan fingerprint density at radius 1 is 1.04 bits per heavy atom. The van der Waals surface area contributed by atoms with Crippen molar-refractivity contribution in [2.75, 3.05) is 18.5 Å². The molecule has 0 aliphatic rings. The first kappa shape index (κ1) is 18.4. The molecule has 3 rings (SSSR count). The average molecular weight is 390 g/mol. The Hall–Kier alpha value is -2.43. The topological polar surface area (TPSA) is 58.6 Å². The molecule has 0 unspecified atom stereocenters. The summed E-state index contributed by atoms with van der Waals surface area (Å²) in [6.45, 7) is 1.02. The molecule has 0 bridgehead atoms. The van der Waals surface area contributed by atoms with E-state index in [-0.39, 0.29) is 15.6 Å². The van der Waals surface area contributed by atoms with Crippen LogP contribution < -0.4 is 10.1 Å². The predicted molar refractivity (Wildman–Crippen MR) is 106 cm³/mol. The van der Waals surface area contributed by atoms with E-state index in [1.807, 2.05) is 36.4 Å². The quantitative estimate of drug-likeness (QED) is 0.506. The van der Waals surface area contributed by atoms with Crippen LogP contribution in [0.2, 0.25) is 10.0 Å². The van der Waals surface area contributed by atoms with Gasteiger partial charge in [-0.05, 0) is 41.5 Å². The maximum atomic E-state index is 11.3. The van der Waals surface area contributed by atoms with Gasteiger partial charge in [-0.2, -0.15) is 0 Å². The molecule has 0 fully saturated rings. The highest BCUT2D eigenvalue weighted by molar-refractivity contribution is 6.37. The van der Waals surface area contributed by atoms with Crippen molar-refractivity contribution in [1.29, 1.82) is 0 Å². The van der Waals surface area contributed by atoms with Gasteiger partial charge in [-0.3, -0.25) is 0 Å². The van der Waals surface area contributed by atoms with Crippen LogP contribution in [-0.4, -0.2) is 24.2 Å². The van der Waals surface area contributed by atoms with Crippen LogP contribution in [0.3, 0.4) is 0 Å². The molecule has 6 heteroatoms. The minimum absolute atomic E-state index is 0.0537. The molecule has 0 aromatic heterocycles. The number of fused-ring (bicyclic) bond motifs is 1. The minimum Gasteiger partial charge on any atom is -0.494 e. The molecule has 4 nitrogen and oxygen atoms in total. The van der Waals surface area contributed by atoms with Gasteiger partial charge in [0.25, 0.3) is 0 Å². The van der Waals surface area contributed by atoms with Gasteiger partial charge in [0, 0.05) is 11.6 Å². The van der Waals surface area contributed by atoms with Gasteiger partial charge in [0.15, 0.2) is 0 Å². The molecule has 0 spiro atoms. The number of anilines is 1. The molecule has 26 heavy (non-hydrogen) atoms. The molecule has 134 valence electrons. The summed E-state index contributed by atoms with van der Waals surface area (Å²) >= 11 is 12.0. The van der Waals surface area contributed by atoms with E-state index in [0.717, 1.165) is 11.1 Å². The van der Waals surface area contributed by atoms with Crippen LogP contribution in [-0.2, 0) is 0 Å². The largest absolute Gasteiger partial charge is 0.494 e. The third-order valence-electron chi connectivity index (χ3n) is 3.90. The summed E-state index contributed by atoms with van der Waals surface area (Å²) in [6, 6.07) is 16.9. The number of hydrogen-bond acceptors (Lipinski definition) is 3. The fourth-order valence-corrected chi connectivity index (χ4v) is 3.21. The summed E-state index contributed by atoms with van der Waals surface area (Å²) in [4.78, 5) is 11.3. The first-order chi connectivity index (χ1) is 12.5. The third-order valence-corrected chi connectivity index (χ3v) is 4.41. The minimum atomic E-state index is -1.08. The number of carboxylic acids is 1. The van der Waals surface area contributed by atoms with Gasteiger partial charge in [-0.1, -0.05) is 53.5 Å². The molecule has 3 aromatic rings. The third kappa shape index (κ3) is 4.40. The van der Waals surface area contributed by atoms with Crippen LogP contribution in [0.5, 0.6) is 5.75 Å². The van der Waals surface area contributed by atoms with E-state index in [0.29, 0.717) is 25.3 Å². The van der Waals surface area contributed by atoms with Crippen LogP contribution in [0.15, 0.2) is 54.6 Å². The highest BCUT2D eigenvalue weighted by Gasteiger charge is 2.14. The zero-order chi connectivity index (χ0) is 18.5. The second-order valence-corrected chi connectivity index (χ2v) is 6.60. The van der Waals surface area contributed by atoms with E-state index in [1.165, 1.54) is 17.5 Å². The lowest BCUT2D eigenvalue weighted by Gasteiger charge is -2.13. The molecule has 0 aliphatic carbocycles. The second kappa shape index (κ2) is 8.30. The molecule has 0 saturated carbocycles. The summed E-state index contributed by atoms with van der Waals surface area (Å²) in [5.74, 6) is -0.274. The van der Waals surface area contributed by atoms with Crippen LogP contribution in [0, 0.1) is 0 Å². The molecular formula is C20H17Cl2NO3. The Labute approximate surface area is 161 Å². The summed E-state index contributed by atoms with van der Waals surface area (Å²) in [7, 11) is 0. The lowest BCUT2D eigenvalue weighted by Crippen LogP contribution is -2.11. The van der Waals surface area contributed by atoms with Gasteiger partial charge in [0.05, 0.1) is 22.9 Å².